The fourth-order valence-corrected chi connectivity index (χ4v) is 4.15. The van der Waals surface area contributed by atoms with E-state index >= 15 is 0 Å². The van der Waals surface area contributed by atoms with Crippen molar-refractivity contribution in [3.63, 3.8) is 0 Å². The third kappa shape index (κ3) is 4.96. The molecule has 1 heterocycles. The maximum absolute atomic E-state index is 12.4. The zero-order valence-electron chi connectivity index (χ0n) is 16.4. The highest BCUT2D eigenvalue weighted by molar-refractivity contribution is 7.89. The summed E-state index contributed by atoms with van der Waals surface area (Å²) in [5, 5.41) is 10.2. The quantitative estimate of drug-likeness (QED) is 0.547. The third-order valence-electron chi connectivity index (χ3n) is 4.32. The van der Waals surface area contributed by atoms with Gasteiger partial charge in [-0.05, 0) is 36.2 Å². The molecule has 3 aromatic rings. The normalized spacial score (nSPS) is 11.2. The molecule has 3 N–H and O–H groups in total. The van der Waals surface area contributed by atoms with Crippen molar-refractivity contribution in [3.05, 3.63) is 59.1 Å². The molecule has 158 valence electrons. The van der Waals surface area contributed by atoms with Gasteiger partial charge in [0.2, 0.25) is 10.0 Å². The van der Waals surface area contributed by atoms with Crippen molar-refractivity contribution in [2.24, 2.45) is 5.14 Å². The second kappa shape index (κ2) is 9.24. The minimum Gasteiger partial charge on any atom is -0.493 e. The Bertz CT molecular complexity index is 1140. The van der Waals surface area contributed by atoms with E-state index in [1.807, 2.05) is 12.1 Å². The van der Waals surface area contributed by atoms with E-state index in [2.05, 4.69) is 10.3 Å². The van der Waals surface area contributed by atoms with Crippen molar-refractivity contribution >= 4 is 27.3 Å². The summed E-state index contributed by atoms with van der Waals surface area (Å²) in [5.41, 5.74) is 1.93. The number of methoxy groups -OCH3 is 2. The molecule has 2 aromatic carbocycles. The first-order chi connectivity index (χ1) is 14.3. The van der Waals surface area contributed by atoms with Gasteiger partial charge >= 0.3 is 0 Å². The summed E-state index contributed by atoms with van der Waals surface area (Å²) in [4.78, 5) is 16.9. The van der Waals surface area contributed by atoms with E-state index in [-0.39, 0.29) is 10.8 Å². The Morgan fingerprint density at radius 3 is 2.50 bits per heavy atom. The Hall–Kier alpha value is -2.95. The number of nitrogens with two attached hydrogens (primary N) is 1. The number of benzene rings is 2. The van der Waals surface area contributed by atoms with E-state index in [1.165, 1.54) is 23.5 Å². The van der Waals surface area contributed by atoms with Gasteiger partial charge in [0.1, 0.15) is 10.7 Å². The molecule has 3 rings (SSSR count). The van der Waals surface area contributed by atoms with Crippen LogP contribution >= 0.6 is 11.3 Å². The second-order valence-corrected chi connectivity index (χ2v) is 8.69. The monoisotopic (exact) mass is 447 g/mol. The van der Waals surface area contributed by atoms with Gasteiger partial charge in [0.25, 0.3) is 5.91 Å². The molecule has 30 heavy (non-hydrogen) atoms. The van der Waals surface area contributed by atoms with E-state index in [0.717, 1.165) is 11.1 Å². The van der Waals surface area contributed by atoms with Crippen molar-refractivity contribution in [1.29, 1.82) is 0 Å². The molecule has 1 amide bonds. The number of para-hydroxylation sites is 1. The fraction of sp³-hybridized carbons (Fsp3) is 0.200. The van der Waals surface area contributed by atoms with Crippen LogP contribution in [0.1, 0.15) is 16.1 Å². The molecule has 0 aliphatic rings. The van der Waals surface area contributed by atoms with Crippen LogP contribution in [0.4, 0.5) is 0 Å². The Balaban J connectivity index is 1.63. The molecule has 0 aliphatic heterocycles. The lowest BCUT2D eigenvalue weighted by Gasteiger charge is -2.10. The number of nitrogens with zero attached hydrogens (tertiary/aromatic N) is 1. The lowest BCUT2D eigenvalue weighted by molar-refractivity contribution is 0.0950. The highest BCUT2D eigenvalue weighted by Crippen LogP contribution is 2.38. The molecule has 10 heteroatoms. The Labute approximate surface area is 178 Å². The molecule has 0 bridgehead atoms. The zero-order chi connectivity index (χ0) is 21.7. The number of amides is 1. The van der Waals surface area contributed by atoms with Crippen molar-refractivity contribution in [2.45, 2.75) is 11.3 Å². The number of aromatic nitrogens is 1. The minimum atomic E-state index is -3.71. The Morgan fingerprint density at radius 2 is 1.87 bits per heavy atom. The molecule has 8 nitrogen and oxygen atoms in total. The van der Waals surface area contributed by atoms with Gasteiger partial charge in [-0.3, -0.25) is 4.79 Å². The SMILES string of the molecule is COc1cccc(-c2nc(C(=O)NCCc3ccc(S(N)(=O)=O)cc3)cs2)c1OC. The lowest BCUT2D eigenvalue weighted by Crippen LogP contribution is -2.26. The van der Waals surface area contributed by atoms with Gasteiger partial charge in [-0.1, -0.05) is 18.2 Å². The van der Waals surface area contributed by atoms with E-state index in [0.29, 0.717) is 35.2 Å². The molecular weight excluding hydrogens is 426 g/mol. The molecule has 0 saturated carbocycles. The largest absolute Gasteiger partial charge is 0.493 e. The molecule has 0 unspecified atom stereocenters. The van der Waals surface area contributed by atoms with Gasteiger partial charge in [-0.2, -0.15) is 0 Å². The molecule has 0 radical (unpaired) electrons. The van der Waals surface area contributed by atoms with Crippen LogP contribution in [-0.4, -0.2) is 40.1 Å². The number of hydrogen-bond donors (Lipinski definition) is 2. The van der Waals surface area contributed by atoms with E-state index in [9.17, 15) is 13.2 Å². The Morgan fingerprint density at radius 1 is 1.13 bits per heavy atom. The van der Waals surface area contributed by atoms with E-state index < -0.39 is 10.0 Å². The number of rotatable bonds is 8. The Kier molecular flexibility index (Phi) is 6.70. The van der Waals surface area contributed by atoms with Gasteiger partial charge in [0, 0.05) is 11.9 Å². The maximum Gasteiger partial charge on any atom is 0.270 e. The molecule has 1 aromatic heterocycles. The van der Waals surface area contributed by atoms with Crippen molar-refractivity contribution < 1.29 is 22.7 Å². The lowest BCUT2D eigenvalue weighted by atomic mass is 10.1. The van der Waals surface area contributed by atoms with E-state index in [1.54, 1.807) is 37.8 Å². The number of primary sulfonamides is 1. The van der Waals surface area contributed by atoms with Crippen LogP contribution in [0, 0.1) is 0 Å². The summed E-state index contributed by atoms with van der Waals surface area (Å²) >= 11 is 1.34. The van der Waals surface area contributed by atoms with Crippen LogP contribution in [0.25, 0.3) is 10.6 Å². The first-order valence-corrected chi connectivity index (χ1v) is 11.3. The molecular formula is C20H21N3O5S2. The van der Waals surface area contributed by atoms with E-state index in [4.69, 9.17) is 14.6 Å². The van der Waals surface area contributed by atoms with Crippen molar-refractivity contribution in [2.75, 3.05) is 20.8 Å². The first kappa shape index (κ1) is 21.8. The summed E-state index contributed by atoms with van der Waals surface area (Å²) in [5.74, 6) is 0.856. The molecule has 0 atom stereocenters. The molecule has 0 fully saturated rings. The van der Waals surface area contributed by atoms with Crippen LogP contribution in [0.3, 0.4) is 0 Å². The minimum absolute atomic E-state index is 0.0539. The number of ether oxygens (including phenoxy) is 2. The van der Waals surface area contributed by atoms with Crippen LogP contribution in [0.15, 0.2) is 52.7 Å². The van der Waals surface area contributed by atoms with Crippen molar-refractivity contribution in [3.8, 4) is 22.1 Å². The number of hydrogen-bond acceptors (Lipinski definition) is 7. The number of carbonyl (C=O) groups excluding carboxylic acids is 1. The highest BCUT2D eigenvalue weighted by atomic mass is 32.2. The van der Waals surface area contributed by atoms with Crippen molar-refractivity contribution in [1.82, 2.24) is 10.3 Å². The van der Waals surface area contributed by atoms with Crippen LogP contribution < -0.4 is 19.9 Å². The molecule has 0 saturated heterocycles. The highest BCUT2D eigenvalue weighted by Gasteiger charge is 2.17. The van der Waals surface area contributed by atoms with Gasteiger partial charge in [-0.15, -0.1) is 11.3 Å². The van der Waals surface area contributed by atoms with Gasteiger partial charge in [0.05, 0.1) is 24.7 Å². The van der Waals surface area contributed by atoms with Crippen LogP contribution in [-0.2, 0) is 16.4 Å². The number of carbonyl (C=O) groups is 1. The van der Waals surface area contributed by atoms with Crippen LogP contribution in [0.2, 0.25) is 0 Å². The predicted octanol–water partition coefficient (Wildman–Crippen LogP) is 2.45. The average molecular weight is 448 g/mol. The summed E-state index contributed by atoms with van der Waals surface area (Å²) in [6.45, 7) is 0.378. The summed E-state index contributed by atoms with van der Waals surface area (Å²) in [7, 11) is -0.599. The van der Waals surface area contributed by atoms with Crippen LogP contribution in [0.5, 0.6) is 11.5 Å². The third-order valence-corrected chi connectivity index (χ3v) is 6.13. The maximum atomic E-state index is 12.4. The number of thiazole rings is 1. The number of sulfonamides is 1. The summed E-state index contributed by atoms with van der Waals surface area (Å²) < 4.78 is 33.3. The number of nitrogens with one attached hydrogen (secondary N) is 1. The average Bonchev–Trinajstić information content (AvgIpc) is 3.23. The summed E-state index contributed by atoms with van der Waals surface area (Å²) in [6.07, 6.45) is 0.539. The standard InChI is InChI=1S/C20H21N3O5S2/c1-27-17-5-3-4-15(18(17)28-2)20-23-16(12-29-20)19(24)22-11-10-13-6-8-14(9-7-13)30(21,25)26/h3-9,12H,10-11H2,1-2H3,(H,22,24)(H2,21,25,26). The smallest absolute Gasteiger partial charge is 0.270 e. The zero-order valence-corrected chi connectivity index (χ0v) is 18.0. The summed E-state index contributed by atoms with van der Waals surface area (Å²) in [6, 6.07) is 11.7. The fourth-order valence-electron chi connectivity index (χ4n) is 2.81. The predicted molar refractivity (Wildman–Crippen MR) is 115 cm³/mol. The second-order valence-electron chi connectivity index (χ2n) is 6.27. The molecule has 0 aliphatic carbocycles. The van der Waals surface area contributed by atoms with Gasteiger partial charge in [-0.25, -0.2) is 18.5 Å². The first-order valence-electron chi connectivity index (χ1n) is 8.90. The van der Waals surface area contributed by atoms with Gasteiger partial charge in [0.15, 0.2) is 11.5 Å². The van der Waals surface area contributed by atoms with Gasteiger partial charge < -0.3 is 14.8 Å². The molecule has 0 spiro atoms. The topological polar surface area (TPSA) is 121 Å².